The molecule has 0 amide bonds. The lowest BCUT2D eigenvalue weighted by atomic mass is 10.1. The van der Waals surface area contributed by atoms with Crippen LogP contribution in [0.4, 0.5) is 0 Å². The molecule has 0 aliphatic carbocycles. The van der Waals surface area contributed by atoms with E-state index in [-0.39, 0.29) is 0 Å². The van der Waals surface area contributed by atoms with Crippen molar-refractivity contribution in [3.8, 4) is 0 Å². The second-order valence-corrected chi connectivity index (χ2v) is 6.56. The van der Waals surface area contributed by atoms with Crippen LogP contribution in [0.5, 0.6) is 0 Å². The van der Waals surface area contributed by atoms with Crippen LogP contribution in [0, 0.1) is 0 Å². The molecule has 0 bridgehead atoms. The number of thiocarbonyl (C=S) groups is 2. The molecule has 0 atom stereocenters. The molecule has 24 heavy (non-hydrogen) atoms. The minimum Gasteiger partial charge on any atom is -0.363 e. The third-order valence-corrected chi connectivity index (χ3v) is 4.14. The molecule has 1 aromatic rings. The molecule has 4 nitrogen and oxygen atoms in total. The van der Waals surface area contributed by atoms with Gasteiger partial charge in [-0.1, -0.05) is 51.0 Å². The predicted molar refractivity (Wildman–Crippen MR) is 111 cm³/mol. The number of rotatable bonds is 10. The Hall–Kier alpha value is -1.40. The molecule has 6 heteroatoms. The molecule has 0 fully saturated rings. The molecular weight excluding hydrogens is 336 g/mol. The quantitative estimate of drug-likeness (QED) is 0.377. The second-order valence-electron chi connectivity index (χ2n) is 5.74. The van der Waals surface area contributed by atoms with Crippen molar-refractivity contribution < 1.29 is 0 Å². The van der Waals surface area contributed by atoms with Crippen molar-refractivity contribution in [2.75, 3.05) is 13.1 Å². The lowest BCUT2D eigenvalue weighted by Gasteiger charge is -2.12. The average Bonchev–Trinajstić information content (AvgIpc) is 2.59. The van der Waals surface area contributed by atoms with Crippen LogP contribution in [0.15, 0.2) is 24.3 Å². The zero-order valence-electron chi connectivity index (χ0n) is 14.8. The Bertz CT molecular complexity index is 443. The van der Waals surface area contributed by atoms with Gasteiger partial charge in [-0.15, -0.1) is 0 Å². The smallest absolute Gasteiger partial charge is 0.166 e. The van der Waals surface area contributed by atoms with Crippen molar-refractivity contribution in [1.82, 2.24) is 21.3 Å². The van der Waals surface area contributed by atoms with E-state index in [1.165, 1.54) is 24.0 Å². The average molecular weight is 367 g/mol. The van der Waals surface area contributed by atoms with Crippen molar-refractivity contribution in [3.63, 3.8) is 0 Å². The van der Waals surface area contributed by atoms with Crippen LogP contribution in [-0.2, 0) is 13.1 Å². The van der Waals surface area contributed by atoms with Gasteiger partial charge in [0.05, 0.1) is 0 Å². The first kappa shape index (κ1) is 20.6. The van der Waals surface area contributed by atoms with Crippen LogP contribution >= 0.6 is 24.4 Å². The Kier molecular flexibility index (Phi) is 11.1. The van der Waals surface area contributed by atoms with Gasteiger partial charge in [-0.25, -0.2) is 0 Å². The van der Waals surface area contributed by atoms with Crippen LogP contribution in [0.3, 0.4) is 0 Å². The normalized spacial score (nSPS) is 10.1. The molecule has 4 N–H and O–H groups in total. The molecule has 0 aromatic heterocycles. The topological polar surface area (TPSA) is 48.1 Å². The van der Waals surface area contributed by atoms with Crippen LogP contribution in [0.25, 0.3) is 0 Å². The van der Waals surface area contributed by atoms with E-state index in [1.54, 1.807) is 0 Å². The van der Waals surface area contributed by atoms with E-state index in [4.69, 9.17) is 24.4 Å². The van der Waals surface area contributed by atoms with E-state index in [1.807, 2.05) is 0 Å². The molecule has 0 heterocycles. The maximum atomic E-state index is 5.25. The maximum Gasteiger partial charge on any atom is 0.166 e. The fraction of sp³-hybridized carbons (Fsp3) is 0.556. The Labute approximate surface area is 157 Å². The summed E-state index contributed by atoms with van der Waals surface area (Å²) in [6.07, 6.45) is 4.61. The Morgan fingerprint density at radius 3 is 1.42 bits per heavy atom. The van der Waals surface area contributed by atoms with E-state index in [0.29, 0.717) is 0 Å². The minimum atomic E-state index is 0.720. The van der Waals surface area contributed by atoms with Crippen LogP contribution in [0.2, 0.25) is 0 Å². The zero-order valence-corrected chi connectivity index (χ0v) is 16.4. The molecule has 0 spiro atoms. The van der Waals surface area contributed by atoms with Crippen LogP contribution in [0.1, 0.15) is 50.7 Å². The first-order valence-electron chi connectivity index (χ1n) is 8.77. The van der Waals surface area contributed by atoms with Gasteiger partial charge in [0.2, 0.25) is 0 Å². The Morgan fingerprint density at radius 2 is 1.08 bits per heavy atom. The van der Waals surface area contributed by atoms with Crippen molar-refractivity contribution in [3.05, 3.63) is 35.4 Å². The van der Waals surface area contributed by atoms with Gasteiger partial charge in [-0.3, -0.25) is 0 Å². The number of unbranched alkanes of at least 4 members (excludes halogenated alkanes) is 2. The van der Waals surface area contributed by atoms with E-state index in [9.17, 15) is 0 Å². The number of hydrogen-bond donors (Lipinski definition) is 4. The molecule has 134 valence electrons. The Morgan fingerprint density at radius 1 is 0.708 bits per heavy atom. The first-order valence-corrected chi connectivity index (χ1v) is 9.58. The summed E-state index contributed by atoms with van der Waals surface area (Å²) in [6, 6.07) is 8.47. The zero-order chi connectivity index (χ0) is 17.6. The highest BCUT2D eigenvalue weighted by molar-refractivity contribution is 7.80. The van der Waals surface area contributed by atoms with E-state index in [0.717, 1.165) is 49.2 Å². The van der Waals surface area contributed by atoms with E-state index in [2.05, 4.69) is 59.4 Å². The van der Waals surface area contributed by atoms with E-state index < -0.39 is 0 Å². The third-order valence-electron chi connectivity index (χ3n) is 3.56. The van der Waals surface area contributed by atoms with Crippen molar-refractivity contribution >= 4 is 34.7 Å². The van der Waals surface area contributed by atoms with Gasteiger partial charge in [0.25, 0.3) is 0 Å². The maximum absolute atomic E-state index is 5.25. The molecule has 0 aliphatic rings. The largest absolute Gasteiger partial charge is 0.363 e. The summed E-state index contributed by atoms with van der Waals surface area (Å²) in [7, 11) is 0. The fourth-order valence-corrected chi connectivity index (χ4v) is 2.37. The highest BCUT2D eigenvalue weighted by Crippen LogP contribution is 2.04. The summed E-state index contributed by atoms with van der Waals surface area (Å²) < 4.78 is 0. The number of hydrogen-bond acceptors (Lipinski definition) is 2. The summed E-state index contributed by atoms with van der Waals surface area (Å²) in [5, 5.41) is 14.3. The third kappa shape index (κ3) is 9.67. The van der Waals surface area contributed by atoms with Gasteiger partial charge in [0.15, 0.2) is 10.2 Å². The highest BCUT2D eigenvalue weighted by atomic mass is 32.1. The van der Waals surface area contributed by atoms with Crippen LogP contribution < -0.4 is 21.3 Å². The predicted octanol–water partition coefficient (Wildman–Crippen LogP) is 3.22. The van der Waals surface area contributed by atoms with Gasteiger partial charge in [-0.2, -0.15) is 0 Å². The van der Waals surface area contributed by atoms with Gasteiger partial charge in [0, 0.05) is 26.2 Å². The minimum absolute atomic E-state index is 0.720. The number of nitrogens with one attached hydrogen (secondary N) is 4. The van der Waals surface area contributed by atoms with Crippen molar-refractivity contribution in [2.24, 2.45) is 0 Å². The van der Waals surface area contributed by atoms with Crippen LogP contribution in [-0.4, -0.2) is 23.3 Å². The summed E-state index contributed by atoms with van der Waals surface area (Å²) in [5.74, 6) is 0. The summed E-state index contributed by atoms with van der Waals surface area (Å²) in [4.78, 5) is 0. The molecule has 1 aromatic carbocycles. The molecule has 0 saturated carbocycles. The highest BCUT2D eigenvalue weighted by Gasteiger charge is 1.99. The van der Waals surface area contributed by atoms with Gasteiger partial charge in [-0.05, 0) is 48.4 Å². The van der Waals surface area contributed by atoms with E-state index >= 15 is 0 Å². The summed E-state index contributed by atoms with van der Waals surface area (Å²) in [6.45, 7) is 7.68. The molecule has 1 rings (SSSR count). The van der Waals surface area contributed by atoms with Gasteiger partial charge >= 0.3 is 0 Å². The molecule has 0 saturated heterocycles. The SMILES string of the molecule is CCCCNC(=S)NCc1ccc(CNC(=S)NCCCC)cc1. The van der Waals surface area contributed by atoms with Gasteiger partial charge < -0.3 is 21.3 Å². The van der Waals surface area contributed by atoms with Crippen molar-refractivity contribution in [1.29, 1.82) is 0 Å². The standard InChI is InChI=1S/C18H30N4S2/c1-3-5-11-19-17(23)21-13-15-7-9-16(10-8-15)14-22-18(24)20-12-6-4-2/h7-10H,3-6,11-14H2,1-2H3,(H2,19,21,23)(H2,20,22,24). The van der Waals surface area contributed by atoms with Crippen molar-refractivity contribution in [2.45, 2.75) is 52.6 Å². The molecule has 0 radical (unpaired) electrons. The number of benzene rings is 1. The monoisotopic (exact) mass is 366 g/mol. The second kappa shape index (κ2) is 13.0. The fourth-order valence-electron chi connectivity index (χ4n) is 2.02. The summed E-state index contributed by atoms with van der Waals surface area (Å²) >= 11 is 10.5. The Balaban J connectivity index is 2.25. The summed E-state index contributed by atoms with van der Waals surface area (Å²) in [5.41, 5.74) is 2.42. The molecular formula is C18H30N4S2. The lowest BCUT2D eigenvalue weighted by Crippen LogP contribution is -2.35. The van der Waals surface area contributed by atoms with Gasteiger partial charge in [0.1, 0.15) is 0 Å². The lowest BCUT2D eigenvalue weighted by molar-refractivity contribution is 0.737. The molecule has 0 aliphatic heterocycles. The first-order chi connectivity index (χ1) is 11.7. The molecule has 0 unspecified atom stereocenters.